The van der Waals surface area contributed by atoms with Gasteiger partial charge in [0, 0.05) is 5.02 Å². The molecule has 4 nitrogen and oxygen atoms in total. The molecular formula is C17H22Cl2N2O2. The van der Waals surface area contributed by atoms with Gasteiger partial charge >= 0.3 is 0 Å². The minimum atomic E-state index is -1.01. The van der Waals surface area contributed by atoms with E-state index in [1.165, 1.54) is 0 Å². The van der Waals surface area contributed by atoms with Crippen molar-refractivity contribution in [2.24, 2.45) is 5.41 Å². The number of hydrogen-bond donors (Lipinski definition) is 1. The van der Waals surface area contributed by atoms with Crippen molar-refractivity contribution in [2.45, 2.75) is 53.2 Å². The number of halogens is 2. The predicted octanol–water partition coefficient (Wildman–Crippen LogP) is 4.51. The number of nitrogens with zero attached hydrogens (tertiary/aromatic N) is 1. The van der Waals surface area contributed by atoms with Gasteiger partial charge in [-0.3, -0.25) is 4.79 Å². The molecule has 1 amide bonds. The zero-order valence-corrected chi connectivity index (χ0v) is 15.8. The Balaban J connectivity index is 2.91. The highest BCUT2D eigenvalue weighted by atomic mass is 35.5. The molecule has 126 valence electrons. The molecular weight excluding hydrogens is 335 g/mol. The number of rotatable bonds is 4. The summed E-state index contributed by atoms with van der Waals surface area (Å²) < 4.78 is 5.63. The van der Waals surface area contributed by atoms with Gasteiger partial charge in [0.2, 0.25) is 0 Å². The lowest BCUT2D eigenvalue weighted by molar-refractivity contribution is -0.129. The molecule has 23 heavy (non-hydrogen) atoms. The molecule has 1 aromatic rings. The molecule has 0 bridgehead atoms. The lowest BCUT2D eigenvalue weighted by Gasteiger charge is -2.37. The maximum absolute atomic E-state index is 12.4. The van der Waals surface area contributed by atoms with E-state index in [2.05, 4.69) is 11.4 Å². The summed E-state index contributed by atoms with van der Waals surface area (Å²) in [7, 11) is 0. The summed E-state index contributed by atoms with van der Waals surface area (Å²) in [4.78, 5) is 12.4. The smallest absolute Gasteiger partial charge is 0.262 e. The molecule has 1 rings (SSSR count). The number of amides is 1. The van der Waals surface area contributed by atoms with Gasteiger partial charge in [-0.15, -0.1) is 0 Å². The third-order valence-electron chi connectivity index (χ3n) is 4.05. The summed E-state index contributed by atoms with van der Waals surface area (Å²) in [5.41, 5.74) is -0.748. The first kappa shape index (κ1) is 19.6. The number of benzene rings is 1. The maximum Gasteiger partial charge on any atom is 0.262 e. The van der Waals surface area contributed by atoms with Crippen molar-refractivity contribution in [3.8, 4) is 11.8 Å². The highest BCUT2D eigenvalue weighted by Crippen LogP contribution is 2.33. The van der Waals surface area contributed by atoms with E-state index in [4.69, 9.17) is 27.9 Å². The number of ether oxygens (including phenoxy) is 1. The van der Waals surface area contributed by atoms with Crippen LogP contribution in [0.3, 0.4) is 0 Å². The van der Waals surface area contributed by atoms with E-state index >= 15 is 0 Å². The van der Waals surface area contributed by atoms with Crippen molar-refractivity contribution in [1.82, 2.24) is 5.32 Å². The van der Waals surface area contributed by atoms with Crippen molar-refractivity contribution in [1.29, 1.82) is 5.26 Å². The third-order valence-corrected chi connectivity index (χ3v) is 4.93. The number of nitrogens with one attached hydrogen (secondary N) is 1. The zero-order chi connectivity index (χ0) is 18.0. The Labute approximate surface area is 147 Å². The van der Waals surface area contributed by atoms with E-state index in [-0.39, 0.29) is 5.91 Å². The maximum atomic E-state index is 12.4. The topological polar surface area (TPSA) is 62.1 Å². The molecule has 0 radical (unpaired) electrons. The molecule has 0 fully saturated rings. The van der Waals surface area contributed by atoms with Gasteiger partial charge in [-0.25, -0.2) is 0 Å². The first-order chi connectivity index (χ1) is 10.4. The van der Waals surface area contributed by atoms with E-state index in [0.717, 1.165) is 0 Å². The van der Waals surface area contributed by atoms with Crippen LogP contribution >= 0.6 is 23.2 Å². The number of nitriles is 1. The van der Waals surface area contributed by atoms with Crippen LogP contribution in [0.5, 0.6) is 5.75 Å². The summed E-state index contributed by atoms with van der Waals surface area (Å²) in [6, 6.07) is 5.45. The summed E-state index contributed by atoms with van der Waals surface area (Å²) in [5.74, 6) is -0.00159. The second kappa shape index (κ2) is 6.98. The van der Waals surface area contributed by atoms with Crippen molar-refractivity contribution in [3.05, 3.63) is 27.7 Å². The minimum Gasteiger partial charge on any atom is -0.479 e. The molecule has 1 aromatic carbocycles. The molecule has 0 saturated carbocycles. The molecule has 0 aromatic heterocycles. The van der Waals surface area contributed by atoms with Crippen molar-refractivity contribution in [2.75, 3.05) is 0 Å². The average Bonchev–Trinajstić information content (AvgIpc) is 2.46. The molecule has 0 aliphatic rings. The Kier molecular flexibility index (Phi) is 5.95. The summed E-state index contributed by atoms with van der Waals surface area (Å²) in [6.45, 7) is 10.7. The Morgan fingerprint density at radius 3 is 2.35 bits per heavy atom. The van der Waals surface area contributed by atoms with E-state index in [0.29, 0.717) is 21.4 Å². The molecule has 2 unspecified atom stereocenters. The van der Waals surface area contributed by atoms with Crippen LogP contribution in [0.15, 0.2) is 12.1 Å². The number of carbonyl (C=O) groups excluding carboxylic acids is 1. The van der Waals surface area contributed by atoms with Crippen molar-refractivity contribution < 1.29 is 9.53 Å². The van der Waals surface area contributed by atoms with Crippen LogP contribution in [0, 0.1) is 23.7 Å². The fourth-order valence-corrected chi connectivity index (χ4v) is 2.12. The molecule has 0 spiro atoms. The standard InChI is InChI=1S/C17H22Cl2N2O2/c1-10-12(18)7-8-13(14(10)19)23-11(2)15(22)21-17(6,9-20)16(3,4)5/h7-8,11H,1-6H3,(H,21,22). The van der Waals surface area contributed by atoms with Gasteiger partial charge in [0.15, 0.2) is 6.10 Å². The number of hydrogen-bond acceptors (Lipinski definition) is 3. The second-order valence-corrected chi connectivity index (χ2v) is 7.51. The summed E-state index contributed by atoms with van der Waals surface area (Å²) in [5, 5.41) is 13.1. The van der Waals surface area contributed by atoms with Crippen LogP contribution in [0.4, 0.5) is 0 Å². The monoisotopic (exact) mass is 356 g/mol. The second-order valence-electron chi connectivity index (χ2n) is 6.72. The zero-order valence-electron chi connectivity index (χ0n) is 14.3. The highest BCUT2D eigenvalue weighted by Gasteiger charge is 2.40. The van der Waals surface area contributed by atoms with Gasteiger partial charge in [0.25, 0.3) is 5.91 Å². The van der Waals surface area contributed by atoms with Crippen LogP contribution in [0.25, 0.3) is 0 Å². The minimum absolute atomic E-state index is 0.371. The van der Waals surface area contributed by atoms with Gasteiger partial charge in [-0.05, 0) is 43.9 Å². The molecule has 0 saturated heterocycles. The van der Waals surface area contributed by atoms with E-state index in [1.807, 2.05) is 20.8 Å². The van der Waals surface area contributed by atoms with Crippen LogP contribution < -0.4 is 10.1 Å². The van der Waals surface area contributed by atoms with Crippen LogP contribution in [-0.2, 0) is 4.79 Å². The van der Waals surface area contributed by atoms with Crippen LogP contribution in [0.2, 0.25) is 10.0 Å². The normalized spacial score (nSPS) is 15.3. The SMILES string of the molecule is Cc1c(Cl)ccc(OC(C)C(=O)NC(C)(C#N)C(C)(C)C)c1Cl. The Morgan fingerprint density at radius 2 is 1.87 bits per heavy atom. The summed E-state index contributed by atoms with van der Waals surface area (Å²) >= 11 is 12.2. The molecule has 0 heterocycles. The van der Waals surface area contributed by atoms with E-state index in [1.54, 1.807) is 32.9 Å². The number of carbonyl (C=O) groups is 1. The average molecular weight is 357 g/mol. The molecule has 0 aliphatic heterocycles. The largest absolute Gasteiger partial charge is 0.479 e. The third kappa shape index (κ3) is 4.31. The first-order valence-corrected chi connectivity index (χ1v) is 8.03. The molecule has 0 aliphatic carbocycles. The first-order valence-electron chi connectivity index (χ1n) is 7.27. The Hall–Kier alpha value is -1.44. The van der Waals surface area contributed by atoms with Gasteiger partial charge in [-0.2, -0.15) is 5.26 Å². The lowest BCUT2D eigenvalue weighted by Crippen LogP contribution is -2.56. The van der Waals surface area contributed by atoms with Gasteiger partial charge < -0.3 is 10.1 Å². The van der Waals surface area contributed by atoms with Crippen molar-refractivity contribution in [3.63, 3.8) is 0 Å². The Bertz CT molecular complexity index is 647. The van der Waals surface area contributed by atoms with E-state index < -0.39 is 17.1 Å². The highest BCUT2D eigenvalue weighted by molar-refractivity contribution is 6.36. The van der Waals surface area contributed by atoms with Gasteiger partial charge in [-0.1, -0.05) is 44.0 Å². The van der Waals surface area contributed by atoms with Crippen LogP contribution in [0.1, 0.15) is 40.2 Å². The van der Waals surface area contributed by atoms with Crippen molar-refractivity contribution >= 4 is 29.1 Å². The molecule has 2 atom stereocenters. The van der Waals surface area contributed by atoms with E-state index in [9.17, 15) is 10.1 Å². The Morgan fingerprint density at radius 1 is 1.30 bits per heavy atom. The molecule has 6 heteroatoms. The van der Waals surface area contributed by atoms with Gasteiger partial charge in [0.05, 0.1) is 11.1 Å². The van der Waals surface area contributed by atoms with Gasteiger partial charge in [0.1, 0.15) is 11.3 Å². The molecule has 1 N–H and O–H groups in total. The summed E-state index contributed by atoms with van der Waals surface area (Å²) in [6.07, 6.45) is -0.803. The van der Waals surface area contributed by atoms with Crippen LogP contribution in [-0.4, -0.2) is 17.6 Å². The lowest BCUT2D eigenvalue weighted by atomic mass is 9.76. The fraction of sp³-hybridized carbons (Fsp3) is 0.529. The predicted molar refractivity (Wildman–Crippen MR) is 92.9 cm³/mol. The quantitative estimate of drug-likeness (QED) is 0.862. The fourth-order valence-electron chi connectivity index (χ4n) is 1.70.